The molecular formula is C23H28ClNO3. The van der Waals surface area contributed by atoms with Crippen molar-refractivity contribution in [3.8, 4) is 0 Å². The summed E-state index contributed by atoms with van der Waals surface area (Å²) in [5.74, 6) is 0.0630. The van der Waals surface area contributed by atoms with E-state index in [1.165, 1.54) is 5.56 Å². The van der Waals surface area contributed by atoms with E-state index in [1.54, 1.807) is 12.1 Å². The van der Waals surface area contributed by atoms with Crippen molar-refractivity contribution in [1.82, 2.24) is 5.32 Å². The van der Waals surface area contributed by atoms with E-state index in [9.17, 15) is 9.59 Å². The van der Waals surface area contributed by atoms with E-state index in [2.05, 4.69) is 17.4 Å². The van der Waals surface area contributed by atoms with Crippen molar-refractivity contribution >= 4 is 24.2 Å². The number of nitrogens with one attached hydrogen (secondary N) is 1. The van der Waals surface area contributed by atoms with Gasteiger partial charge in [0.05, 0.1) is 11.6 Å². The molecule has 0 saturated carbocycles. The molecule has 0 spiro atoms. The molecule has 1 fully saturated rings. The minimum Gasteiger partial charge on any atom is -0.456 e. The Morgan fingerprint density at radius 1 is 1.04 bits per heavy atom. The van der Waals surface area contributed by atoms with Gasteiger partial charge in [0, 0.05) is 12.3 Å². The minimum absolute atomic E-state index is 0. The number of Topliss-reactive ketones (excluding diaryl/α,β-unsaturated/α-hetero) is 1. The summed E-state index contributed by atoms with van der Waals surface area (Å²) in [6.45, 7) is 6.38. The predicted octanol–water partition coefficient (Wildman–Crippen LogP) is 4.32. The molecule has 0 aromatic heterocycles. The number of carbonyl (C=O) groups is 2. The molecule has 0 unspecified atom stereocenters. The van der Waals surface area contributed by atoms with Crippen molar-refractivity contribution in [3.05, 3.63) is 71.3 Å². The molecule has 2 aromatic carbocycles. The Morgan fingerprint density at radius 3 is 2.29 bits per heavy atom. The highest BCUT2D eigenvalue weighted by Crippen LogP contribution is 2.28. The highest BCUT2D eigenvalue weighted by molar-refractivity contribution is 5.90. The van der Waals surface area contributed by atoms with Gasteiger partial charge in [-0.05, 0) is 57.0 Å². The van der Waals surface area contributed by atoms with E-state index in [-0.39, 0.29) is 36.1 Å². The molecular weight excluding hydrogens is 374 g/mol. The second-order valence-electron chi connectivity index (χ2n) is 8.08. The highest BCUT2D eigenvalue weighted by atomic mass is 35.5. The first kappa shape index (κ1) is 22.1. The number of esters is 1. The maximum atomic E-state index is 12.9. The normalized spacial score (nSPS) is 19.0. The van der Waals surface area contributed by atoms with Crippen LogP contribution in [0.1, 0.15) is 54.6 Å². The van der Waals surface area contributed by atoms with Gasteiger partial charge < -0.3 is 10.1 Å². The average Bonchev–Trinajstić information content (AvgIpc) is 3.11. The third kappa shape index (κ3) is 5.66. The first-order valence-corrected chi connectivity index (χ1v) is 9.47. The zero-order valence-electron chi connectivity index (χ0n) is 16.6. The Bertz CT molecular complexity index is 797. The molecule has 3 rings (SSSR count). The van der Waals surface area contributed by atoms with Crippen LogP contribution < -0.4 is 5.32 Å². The number of ether oxygens (including phenoxy) is 1. The lowest BCUT2D eigenvalue weighted by Crippen LogP contribution is -2.35. The molecule has 1 saturated heterocycles. The number of hydrogen-bond acceptors (Lipinski definition) is 4. The summed E-state index contributed by atoms with van der Waals surface area (Å²) in [5, 5.41) is 3.36. The first-order valence-electron chi connectivity index (χ1n) is 9.47. The van der Waals surface area contributed by atoms with Crippen LogP contribution in [-0.2, 0) is 16.0 Å². The van der Waals surface area contributed by atoms with Gasteiger partial charge >= 0.3 is 5.97 Å². The number of rotatable bonds is 5. The van der Waals surface area contributed by atoms with E-state index >= 15 is 0 Å². The number of carbonyl (C=O) groups excluding carboxylic acids is 2. The van der Waals surface area contributed by atoms with Crippen LogP contribution in [0.15, 0.2) is 54.6 Å². The van der Waals surface area contributed by atoms with Gasteiger partial charge in [-0.2, -0.15) is 0 Å². The fourth-order valence-corrected chi connectivity index (χ4v) is 3.51. The highest BCUT2D eigenvalue weighted by Gasteiger charge is 2.33. The Labute approximate surface area is 173 Å². The summed E-state index contributed by atoms with van der Waals surface area (Å²) in [6.07, 6.45) is 1.33. The van der Waals surface area contributed by atoms with E-state index in [4.69, 9.17) is 4.74 Å². The lowest BCUT2D eigenvalue weighted by molar-refractivity contribution is -0.120. The van der Waals surface area contributed by atoms with E-state index < -0.39 is 5.60 Å². The van der Waals surface area contributed by atoms with E-state index in [0.29, 0.717) is 12.0 Å². The summed E-state index contributed by atoms with van der Waals surface area (Å²) in [6, 6.07) is 17.2. The van der Waals surface area contributed by atoms with Crippen molar-refractivity contribution < 1.29 is 14.3 Å². The molecule has 1 N–H and O–H groups in total. The van der Waals surface area contributed by atoms with Crippen LogP contribution in [0.5, 0.6) is 0 Å². The molecule has 1 aliphatic rings. The maximum Gasteiger partial charge on any atom is 0.338 e. The van der Waals surface area contributed by atoms with Crippen LogP contribution >= 0.6 is 12.4 Å². The van der Waals surface area contributed by atoms with E-state index in [0.717, 1.165) is 18.5 Å². The van der Waals surface area contributed by atoms with Crippen molar-refractivity contribution in [1.29, 1.82) is 0 Å². The molecule has 5 heteroatoms. The van der Waals surface area contributed by atoms with Crippen LogP contribution in [0, 0.1) is 0 Å². The lowest BCUT2D eigenvalue weighted by Gasteiger charge is -2.20. The molecule has 28 heavy (non-hydrogen) atoms. The largest absolute Gasteiger partial charge is 0.456 e. The summed E-state index contributed by atoms with van der Waals surface area (Å²) in [7, 11) is 0. The molecule has 0 bridgehead atoms. The van der Waals surface area contributed by atoms with Crippen LogP contribution in [0.2, 0.25) is 0 Å². The monoisotopic (exact) mass is 401 g/mol. The second kappa shape index (κ2) is 9.35. The zero-order chi connectivity index (χ0) is 19.4. The quantitative estimate of drug-likeness (QED) is 0.758. The molecule has 0 aliphatic carbocycles. The van der Waals surface area contributed by atoms with Crippen molar-refractivity contribution in [2.75, 3.05) is 6.54 Å². The topological polar surface area (TPSA) is 55.4 Å². The van der Waals surface area contributed by atoms with Gasteiger partial charge in [0.1, 0.15) is 5.60 Å². The zero-order valence-corrected chi connectivity index (χ0v) is 17.4. The molecule has 1 aliphatic heterocycles. The van der Waals surface area contributed by atoms with Crippen LogP contribution in [0.3, 0.4) is 0 Å². The molecule has 1 heterocycles. The minimum atomic E-state index is -0.522. The van der Waals surface area contributed by atoms with Gasteiger partial charge in [-0.15, -0.1) is 12.4 Å². The number of benzene rings is 2. The fourth-order valence-electron chi connectivity index (χ4n) is 3.51. The Kier molecular flexibility index (Phi) is 7.39. The molecule has 0 radical (unpaired) electrons. The Hall–Kier alpha value is -2.17. The van der Waals surface area contributed by atoms with Crippen molar-refractivity contribution in [3.63, 3.8) is 0 Å². The SMILES string of the molecule is CC(C)(C)OC(=O)c1ccc(CC(=O)[C@H]2NCC[C@H]2c2ccccc2)cc1.Cl. The number of hydrogen-bond donors (Lipinski definition) is 1. The van der Waals surface area contributed by atoms with Crippen LogP contribution in [-0.4, -0.2) is 29.9 Å². The second-order valence-corrected chi connectivity index (χ2v) is 8.08. The van der Waals surface area contributed by atoms with Crippen molar-refractivity contribution in [2.45, 2.75) is 51.2 Å². The third-order valence-electron chi connectivity index (χ3n) is 4.76. The maximum absolute atomic E-state index is 12.9. The van der Waals surface area contributed by atoms with Crippen LogP contribution in [0.25, 0.3) is 0 Å². The van der Waals surface area contributed by atoms with Gasteiger partial charge in [-0.3, -0.25) is 4.79 Å². The number of ketones is 1. The van der Waals surface area contributed by atoms with Gasteiger partial charge in [0.15, 0.2) is 5.78 Å². The molecule has 2 atom stereocenters. The molecule has 4 nitrogen and oxygen atoms in total. The van der Waals surface area contributed by atoms with Crippen LogP contribution in [0.4, 0.5) is 0 Å². The lowest BCUT2D eigenvalue weighted by atomic mass is 9.88. The fraction of sp³-hybridized carbons (Fsp3) is 0.391. The van der Waals surface area contributed by atoms with Gasteiger partial charge in [0.2, 0.25) is 0 Å². The summed E-state index contributed by atoms with van der Waals surface area (Å²) >= 11 is 0. The number of halogens is 1. The average molecular weight is 402 g/mol. The Morgan fingerprint density at radius 2 is 1.68 bits per heavy atom. The molecule has 2 aromatic rings. The summed E-state index contributed by atoms with van der Waals surface area (Å²) < 4.78 is 5.37. The predicted molar refractivity (Wildman–Crippen MR) is 113 cm³/mol. The van der Waals surface area contributed by atoms with Gasteiger partial charge in [-0.25, -0.2) is 4.79 Å². The standard InChI is InChI=1S/C23H27NO3.ClH/c1-23(2,3)27-22(26)18-11-9-16(10-12-18)15-20(25)21-19(13-14-24-21)17-7-5-4-6-8-17;/h4-12,19,21,24H,13-15H2,1-3H3;1H/t19-,21-;/m0./s1. The third-order valence-corrected chi connectivity index (χ3v) is 4.76. The van der Waals surface area contributed by atoms with Crippen molar-refractivity contribution in [2.24, 2.45) is 0 Å². The molecule has 150 valence electrons. The summed E-state index contributed by atoms with van der Waals surface area (Å²) in [4.78, 5) is 25.0. The molecule has 0 amide bonds. The smallest absolute Gasteiger partial charge is 0.338 e. The Balaban J connectivity index is 0.00000280. The van der Waals surface area contributed by atoms with E-state index in [1.807, 2.05) is 51.1 Å². The van der Waals surface area contributed by atoms with Gasteiger partial charge in [0.25, 0.3) is 0 Å². The van der Waals surface area contributed by atoms with Gasteiger partial charge in [-0.1, -0.05) is 42.5 Å². The first-order chi connectivity index (χ1) is 12.8. The summed E-state index contributed by atoms with van der Waals surface area (Å²) in [5.41, 5.74) is 2.10.